The maximum absolute atomic E-state index is 12.0. The first-order chi connectivity index (χ1) is 10.2. The van der Waals surface area contributed by atoms with Crippen molar-refractivity contribution in [2.24, 2.45) is 7.05 Å². The summed E-state index contributed by atoms with van der Waals surface area (Å²) in [7, 11) is 1.86. The van der Waals surface area contributed by atoms with Crippen LogP contribution in [0.2, 0.25) is 0 Å². The molecular weight excluding hydrogens is 266 g/mol. The maximum atomic E-state index is 12.0. The van der Waals surface area contributed by atoms with Gasteiger partial charge in [0.15, 0.2) is 0 Å². The smallest absolute Gasteiger partial charge is 0.251 e. The van der Waals surface area contributed by atoms with Crippen molar-refractivity contribution in [1.82, 2.24) is 15.1 Å². The largest absolute Gasteiger partial charge is 0.384 e. The van der Waals surface area contributed by atoms with E-state index in [-0.39, 0.29) is 12.5 Å². The fourth-order valence-corrected chi connectivity index (χ4v) is 1.87. The van der Waals surface area contributed by atoms with Gasteiger partial charge in [-0.05, 0) is 36.2 Å². The second-order valence-electron chi connectivity index (χ2n) is 4.57. The molecular formula is C16H17N3O2. The van der Waals surface area contributed by atoms with Crippen LogP contribution in [0, 0.1) is 11.8 Å². The number of rotatable bonds is 4. The van der Waals surface area contributed by atoms with Crippen LogP contribution < -0.4 is 5.32 Å². The average Bonchev–Trinajstić information content (AvgIpc) is 2.91. The summed E-state index contributed by atoms with van der Waals surface area (Å²) in [4.78, 5) is 12.0. The number of aliphatic hydroxyl groups excluding tert-OH is 1. The molecule has 5 nitrogen and oxygen atoms in total. The number of aliphatic hydroxyl groups is 1. The van der Waals surface area contributed by atoms with Crippen molar-refractivity contribution >= 4 is 5.91 Å². The Morgan fingerprint density at radius 1 is 1.38 bits per heavy atom. The van der Waals surface area contributed by atoms with Crippen LogP contribution in [0.25, 0.3) is 0 Å². The van der Waals surface area contributed by atoms with Crippen molar-refractivity contribution in [1.29, 1.82) is 0 Å². The monoisotopic (exact) mass is 283 g/mol. The second-order valence-corrected chi connectivity index (χ2v) is 4.57. The van der Waals surface area contributed by atoms with Crippen molar-refractivity contribution in [2.75, 3.05) is 13.2 Å². The van der Waals surface area contributed by atoms with Crippen LogP contribution in [0.4, 0.5) is 0 Å². The number of nitrogens with one attached hydrogen (secondary N) is 1. The summed E-state index contributed by atoms with van der Waals surface area (Å²) in [6.45, 7) is 0.396. The highest BCUT2D eigenvalue weighted by molar-refractivity contribution is 5.94. The Bertz CT molecular complexity index is 663. The molecule has 0 fully saturated rings. The van der Waals surface area contributed by atoms with E-state index in [1.807, 2.05) is 13.2 Å². The summed E-state index contributed by atoms with van der Waals surface area (Å²) in [5.74, 6) is 5.24. The van der Waals surface area contributed by atoms with Crippen LogP contribution in [0.15, 0.2) is 36.7 Å². The fraction of sp³-hybridized carbons (Fsp3) is 0.250. The van der Waals surface area contributed by atoms with Gasteiger partial charge in [-0.3, -0.25) is 9.48 Å². The Morgan fingerprint density at radius 2 is 2.14 bits per heavy atom. The van der Waals surface area contributed by atoms with Gasteiger partial charge in [-0.25, -0.2) is 0 Å². The SMILES string of the molecule is Cn1cc(CCNC(=O)c2ccc(C#CCO)cc2)cn1. The molecule has 0 spiro atoms. The van der Waals surface area contributed by atoms with Crippen LogP contribution in [-0.2, 0) is 13.5 Å². The van der Waals surface area contributed by atoms with Gasteiger partial charge in [0.25, 0.3) is 5.91 Å². The number of aromatic nitrogens is 2. The van der Waals surface area contributed by atoms with Gasteiger partial charge in [-0.15, -0.1) is 0 Å². The normalized spacial score (nSPS) is 9.81. The van der Waals surface area contributed by atoms with E-state index < -0.39 is 0 Å². The van der Waals surface area contributed by atoms with Gasteiger partial charge < -0.3 is 10.4 Å². The van der Waals surface area contributed by atoms with Gasteiger partial charge in [-0.1, -0.05) is 11.8 Å². The molecule has 0 saturated heterocycles. The zero-order valence-electron chi connectivity index (χ0n) is 11.8. The molecule has 0 aliphatic rings. The molecule has 0 aliphatic heterocycles. The van der Waals surface area contributed by atoms with Gasteiger partial charge in [-0.2, -0.15) is 5.10 Å². The Kier molecular flexibility index (Phi) is 5.13. The second kappa shape index (κ2) is 7.27. The van der Waals surface area contributed by atoms with Crippen LogP contribution in [0.5, 0.6) is 0 Å². The highest BCUT2D eigenvalue weighted by atomic mass is 16.2. The lowest BCUT2D eigenvalue weighted by Gasteiger charge is -2.04. The van der Waals surface area contributed by atoms with Crippen LogP contribution in [-0.4, -0.2) is 33.9 Å². The number of aryl methyl sites for hydroxylation is 1. The number of carbonyl (C=O) groups excluding carboxylic acids is 1. The van der Waals surface area contributed by atoms with E-state index in [4.69, 9.17) is 5.11 Å². The highest BCUT2D eigenvalue weighted by Crippen LogP contribution is 2.03. The molecule has 108 valence electrons. The molecule has 0 aliphatic carbocycles. The van der Waals surface area contributed by atoms with Gasteiger partial charge in [0.1, 0.15) is 6.61 Å². The molecule has 1 aromatic carbocycles. The van der Waals surface area contributed by atoms with E-state index in [1.54, 1.807) is 35.1 Å². The Morgan fingerprint density at radius 3 is 2.76 bits per heavy atom. The summed E-state index contributed by atoms with van der Waals surface area (Å²) in [6, 6.07) is 6.97. The number of carbonyl (C=O) groups is 1. The highest BCUT2D eigenvalue weighted by Gasteiger charge is 2.04. The molecule has 0 saturated carbocycles. The molecule has 21 heavy (non-hydrogen) atoms. The standard InChI is InChI=1S/C16H17N3O2/c1-19-12-14(11-18-19)8-9-17-16(21)15-6-4-13(5-7-15)3-2-10-20/h4-7,11-12,20H,8-10H2,1H3,(H,17,21). The van der Waals surface area contributed by atoms with Crippen molar-refractivity contribution in [3.63, 3.8) is 0 Å². The molecule has 5 heteroatoms. The lowest BCUT2D eigenvalue weighted by atomic mass is 10.1. The summed E-state index contributed by atoms with van der Waals surface area (Å²) in [5.41, 5.74) is 2.46. The predicted octanol–water partition coefficient (Wildman–Crippen LogP) is 0.736. The van der Waals surface area contributed by atoms with Crippen LogP contribution in [0.1, 0.15) is 21.5 Å². The first-order valence-corrected chi connectivity index (χ1v) is 6.64. The lowest BCUT2D eigenvalue weighted by Crippen LogP contribution is -2.25. The van der Waals surface area contributed by atoms with E-state index in [0.717, 1.165) is 17.5 Å². The van der Waals surface area contributed by atoms with Crippen LogP contribution >= 0.6 is 0 Å². The lowest BCUT2D eigenvalue weighted by molar-refractivity contribution is 0.0954. The fourth-order valence-electron chi connectivity index (χ4n) is 1.87. The first-order valence-electron chi connectivity index (χ1n) is 6.64. The number of hydrogen-bond donors (Lipinski definition) is 2. The summed E-state index contributed by atoms with van der Waals surface area (Å²) < 4.78 is 1.74. The average molecular weight is 283 g/mol. The van der Waals surface area contributed by atoms with Crippen molar-refractivity contribution in [2.45, 2.75) is 6.42 Å². The molecule has 0 unspecified atom stereocenters. The molecule has 0 bridgehead atoms. The summed E-state index contributed by atoms with van der Waals surface area (Å²) >= 11 is 0. The molecule has 1 aromatic heterocycles. The minimum absolute atomic E-state index is 0.111. The van der Waals surface area contributed by atoms with Crippen molar-refractivity contribution in [3.8, 4) is 11.8 Å². The van der Waals surface area contributed by atoms with E-state index >= 15 is 0 Å². The Labute approximate surface area is 123 Å². The zero-order valence-corrected chi connectivity index (χ0v) is 11.8. The third-order valence-electron chi connectivity index (χ3n) is 2.92. The van der Waals surface area contributed by atoms with Gasteiger partial charge in [0, 0.05) is 30.9 Å². The first kappa shape index (κ1) is 14.8. The van der Waals surface area contributed by atoms with Crippen molar-refractivity contribution in [3.05, 3.63) is 53.3 Å². The van der Waals surface area contributed by atoms with Gasteiger partial charge in [0.2, 0.25) is 0 Å². The maximum Gasteiger partial charge on any atom is 0.251 e. The number of amides is 1. The van der Waals surface area contributed by atoms with Crippen LogP contribution in [0.3, 0.4) is 0 Å². The molecule has 1 heterocycles. The third-order valence-corrected chi connectivity index (χ3v) is 2.92. The Hall–Kier alpha value is -2.58. The molecule has 2 aromatic rings. The third kappa shape index (κ3) is 4.48. The molecule has 0 atom stereocenters. The summed E-state index contributed by atoms with van der Waals surface area (Å²) in [6.07, 6.45) is 4.47. The number of benzene rings is 1. The van der Waals surface area contributed by atoms with E-state index in [2.05, 4.69) is 22.3 Å². The topological polar surface area (TPSA) is 67.2 Å². The molecule has 0 radical (unpaired) electrons. The quantitative estimate of drug-likeness (QED) is 0.813. The molecule has 2 N–H and O–H groups in total. The van der Waals surface area contributed by atoms with E-state index in [1.165, 1.54) is 0 Å². The molecule has 1 amide bonds. The van der Waals surface area contributed by atoms with E-state index in [0.29, 0.717) is 12.1 Å². The summed E-state index contributed by atoms with van der Waals surface area (Å²) in [5, 5.41) is 15.6. The zero-order chi connectivity index (χ0) is 15.1. The number of nitrogens with zero attached hydrogens (tertiary/aromatic N) is 2. The Balaban J connectivity index is 1.85. The number of hydrogen-bond acceptors (Lipinski definition) is 3. The van der Waals surface area contributed by atoms with Gasteiger partial charge in [0.05, 0.1) is 6.20 Å². The predicted molar refractivity (Wildman–Crippen MR) is 79.7 cm³/mol. The van der Waals surface area contributed by atoms with Crippen molar-refractivity contribution < 1.29 is 9.90 Å². The molecule has 2 rings (SSSR count). The minimum Gasteiger partial charge on any atom is -0.384 e. The minimum atomic E-state index is -0.170. The van der Waals surface area contributed by atoms with Gasteiger partial charge >= 0.3 is 0 Å². The van der Waals surface area contributed by atoms with E-state index in [9.17, 15) is 4.79 Å².